The van der Waals surface area contributed by atoms with Gasteiger partial charge in [-0.15, -0.1) is 25.3 Å². The highest BCUT2D eigenvalue weighted by Gasteiger charge is 2.27. The maximum Gasteiger partial charge on any atom is 0.410 e. The molecular formula is C36H51ClN2O4. The van der Waals surface area contributed by atoms with E-state index < -0.39 is 5.60 Å². The van der Waals surface area contributed by atoms with Gasteiger partial charge in [0.05, 0.1) is 6.61 Å². The number of hydrogen-bond acceptors (Lipinski definition) is 5. The molecule has 2 aromatic carbocycles. The molecule has 4 rings (SSSR count). The Morgan fingerprint density at radius 3 is 1.60 bits per heavy atom. The molecule has 2 fully saturated rings. The fourth-order valence-corrected chi connectivity index (χ4v) is 4.78. The fraction of sp³-hybridized carbons (Fsp3) is 0.500. The number of esters is 1. The van der Waals surface area contributed by atoms with E-state index in [9.17, 15) is 9.59 Å². The summed E-state index contributed by atoms with van der Waals surface area (Å²) >= 11 is 0. The highest BCUT2D eigenvalue weighted by molar-refractivity contribution is 5.85. The summed E-state index contributed by atoms with van der Waals surface area (Å²) in [6.07, 6.45) is 14.9. The number of likely N-dealkylation sites (tertiary alicyclic amines) is 1. The Labute approximate surface area is 266 Å². The van der Waals surface area contributed by atoms with Gasteiger partial charge in [-0.3, -0.25) is 4.79 Å². The summed E-state index contributed by atoms with van der Waals surface area (Å²) in [5.74, 6) is 6.29. The Balaban J connectivity index is 0.000000694. The van der Waals surface area contributed by atoms with Crippen LogP contribution in [0.15, 0.2) is 48.5 Å². The summed E-state index contributed by atoms with van der Waals surface area (Å²) in [5, 5.41) is 3.37. The number of hydrogen-bond donors (Lipinski definition) is 1. The van der Waals surface area contributed by atoms with Gasteiger partial charge >= 0.3 is 12.1 Å². The molecule has 0 aliphatic carbocycles. The van der Waals surface area contributed by atoms with Crippen LogP contribution in [0.4, 0.5) is 4.79 Å². The van der Waals surface area contributed by atoms with Crippen molar-refractivity contribution in [3.63, 3.8) is 0 Å². The number of carbonyl (C=O) groups is 2. The van der Waals surface area contributed by atoms with Crippen molar-refractivity contribution in [2.45, 2.75) is 85.2 Å². The second kappa shape index (κ2) is 20.5. The maximum atomic E-state index is 12.0. The van der Waals surface area contributed by atoms with E-state index in [0.29, 0.717) is 12.5 Å². The van der Waals surface area contributed by atoms with E-state index in [2.05, 4.69) is 46.2 Å². The van der Waals surface area contributed by atoms with Gasteiger partial charge in [-0.25, -0.2) is 4.79 Å². The summed E-state index contributed by atoms with van der Waals surface area (Å²) < 4.78 is 9.82. The van der Waals surface area contributed by atoms with Crippen molar-refractivity contribution in [1.82, 2.24) is 10.2 Å². The molecule has 1 N–H and O–H groups in total. The number of benzene rings is 2. The van der Waals surface area contributed by atoms with Crippen molar-refractivity contribution in [3.8, 4) is 24.7 Å². The van der Waals surface area contributed by atoms with Gasteiger partial charge in [0, 0.05) is 31.1 Å². The lowest BCUT2D eigenvalue weighted by Gasteiger charge is -2.33. The number of piperidine rings is 2. The predicted octanol–water partition coefficient (Wildman–Crippen LogP) is 7.54. The largest absolute Gasteiger partial charge is 0.466 e. The Kier molecular flexibility index (Phi) is 18.8. The lowest BCUT2D eigenvalue weighted by atomic mass is 9.89. The minimum absolute atomic E-state index is 0. The van der Waals surface area contributed by atoms with Gasteiger partial charge < -0.3 is 19.7 Å². The molecule has 7 heteroatoms. The third kappa shape index (κ3) is 15.0. The van der Waals surface area contributed by atoms with Crippen molar-refractivity contribution in [2.24, 2.45) is 0 Å². The van der Waals surface area contributed by atoms with E-state index in [1.54, 1.807) is 11.8 Å². The quantitative estimate of drug-likeness (QED) is 0.287. The first-order valence-electron chi connectivity index (χ1n) is 14.5. The Morgan fingerprint density at radius 2 is 1.28 bits per heavy atom. The molecule has 0 saturated carbocycles. The molecule has 236 valence electrons. The first-order chi connectivity index (χ1) is 19.6. The summed E-state index contributed by atoms with van der Waals surface area (Å²) in [6, 6.07) is 16.6. The van der Waals surface area contributed by atoms with Crippen molar-refractivity contribution >= 4 is 24.5 Å². The first kappa shape index (κ1) is 39.5. The molecule has 2 aromatic rings. The first-order valence-corrected chi connectivity index (χ1v) is 14.5. The van der Waals surface area contributed by atoms with Crippen LogP contribution in [-0.4, -0.2) is 55.3 Å². The van der Waals surface area contributed by atoms with Gasteiger partial charge in [0.15, 0.2) is 0 Å². The number of amides is 1. The minimum atomic E-state index is -0.432. The molecule has 0 atom stereocenters. The van der Waals surface area contributed by atoms with Gasteiger partial charge in [0.1, 0.15) is 5.60 Å². The van der Waals surface area contributed by atoms with Crippen LogP contribution in [-0.2, 0) is 14.3 Å². The fourth-order valence-electron chi connectivity index (χ4n) is 4.78. The molecule has 0 bridgehead atoms. The highest BCUT2D eigenvalue weighted by atomic mass is 35.5. The van der Waals surface area contributed by atoms with E-state index in [1.165, 1.54) is 30.9 Å². The van der Waals surface area contributed by atoms with Crippen molar-refractivity contribution in [2.75, 3.05) is 32.8 Å². The number of nitrogens with zero attached hydrogens (tertiary/aromatic N) is 1. The molecule has 2 saturated heterocycles. The molecule has 2 aliphatic heterocycles. The lowest BCUT2D eigenvalue weighted by Crippen LogP contribution is -2.41. The number of terminal acetylenes is 2. The molecule has 2 aliphatic rings. The zero-order valence-electron chi connectivity index (χ0n) is 25.8. The van der Waals surface area contributed by atoms with Crippen LogP contribution in [0.2, 0.25) is 0 Å². The van der Waals surface area contributed by atoms with Gasteiger partial charge in [0.25, 0.3) is 0 Å². The van der Waals surface area contributed by atoms with E-state index in [-0.39, 0.29) is 31.9 Å². The number of ether oxygens (including phenoxy) is 2. The zero-order chi connectivity index (χ0) is 30.3. The maximum absolute atomic E-state index is 12.0. The second-order valence-electron chi connectivity index (χ2n) is 11.2. The monoisotopic (exact) mass is 610 g/mol. The van der Waals surface area contributed by atoms with Crippen LogP contribution in [0.5, 0.6) is 0 Å². The van der Waals surface area contributed by atoms with Crippen molar-refractivity contribution < 1.29 is 19.1 Å². The van der Waals surface area contributed by atoms with Crippen LogP contribution in [0.3, 0.4) is 0 Å². The van der Waals surface area contributed by atoms with Crippen LogP contribution in [0, 0.1) is 24.7 Å². The van der Waals surface area contributed by atoms with Crippen molar-refractivity contribution in [3.05, 3.63) is 70.8 Å². The molecule has 0 radical (unpaired) electrons. The Hall–Kier alpha value is -3.45. The standard InChI is InChI=1S/C18H23NO2.C13H15N.C4H8O2.CH4.ClH/c1-5-14-6-8-15(9-7-14)16-10-12-19(13-11-16)17(20)21-18(2,3)4;1-2-11-3-5-12(6-4-11)13-7-9-14-10-8-13;1-3-6-4(2)5;;/h1,6-9,16H,10-13H2,2-4H3;1,3-6,13-14H,7-10H2;3H2,1-2H3;1H4;1H. The molecule has 0 aromatic heterocycles. The van der Waals surface area contributed by atoms with Crippen LogP contribution >= 0.6 is 12.4 Å². The second-order valence-corrected chi connectivity index (χ2v) is 11.2. The van der Waals surface area contributed by atoms with E-state index in [4.69, 9.17) is 17.6 Å². The number of nitrogens with one attached hydrogen (secondary N) is 1. The average Bonchev–Trinajstić information content (AvgIpc) is 2.97. The highest BCUT2D eigenvalue weighted by Crippen LogP contribution is 2.29. The Bertz CT molecular complexity index is 1160. The third-order valence-corrected chi connectivity index (χ3v) is 6.93. The molecule has 0 spiro atoms. The third-order valence-electron chi connectivity index (χ3n) is 6.93. The minimum Gasteiger partial charge on any atom is -0.466 e. The number of halogens is 1. The van der Waals surface area contributed by atoms with Crippen LogP contribution in [0.25, 0.3) is 0 Å². The molecule has 6 nitrogen and oxygen atoms in total. The Morgan fingerprint density at radius 1 is 0.860 bits per heavy atom. The summed E-state index contributed by atoms with van der Waals surface area (Å²) in [5.41, 5.74) is 4.19. The van der Waals surface area contributed by atoms with Gasteiger partial charge in [-0.05, 0) is 114 Å². The van der Waals surface area contributed by atoms with E-state index in [1.807, 2.05) is 45.0 Å². The summed E-state index contributed by atoms with van der Waals surface area (Å²) in [6.45, 7) is 13.1. The van der Waals surface area contributed by atoms with E-state index in [0.717, 1.165) is 56.1 Å². The summed E-state index contributed by atoms with van der Waals surface area (Å²) in [4.78, 5) is 23.6. The predicted molar refractivity (Wildman–Crippen MR) is 180 cm³/mol. The van der Waals surface area contributed by atoms with Crippen LogP contribution in [0.1, 0.15) is 102 Å². The zero-order valence-corrected chi connectivity index (χ0v) is 26.6. The molecule has 43 heavy (non-hydrogen) atoms. The number of carbonyl (C=O) groups excluding carboxylic acids is 2. The number of rotatable bonds is 3. The lowest BCUT2D eigenvalue weighted by molar-refractivity contribution is -0.140. The summed E-state index contributed by atoms with van der Waals surface area (Å²) in [7, 11) is 0. The topological polar surface area (TPSA) is 67.9 Å². The SMILES string of the molecule is C.C#Cc1ccc(C2CCN(C(=O)OC(C)(C)C)CC2)cc1.C#Cc1ccc(C2CCNCC2)cc1.CCOC(C)=O.Cl. The molecule has 1 amide bonds. The molecular weight excluding hydrogens is 560 g/mol. The van der Waals surface area contributed by atoms with Gasteiger partial charge in [0.2, 0.25) is 0 Å². The normalized spacial score (nSPS) is 14.8. The van der Waals surface area contributed by atoms with Crippen molar-refractivity contribution in [1.29, 1.82) is 0 Å². The van der Waals surface area contributed by atoms with Gasteiger partial charge in [-0.1, -0.05) is 43.5 Å². The average molecular weight is 611 g/mol. The van der Waals surface area contributed by atoms with E-state index >= 15 is 0 Å². The van der Waals surface area contributed by atoms with Gasteiger partial charge in [-0.2, -0.15) is 0 Å². The smallest absolute Gasteiger partial charge is 0.410 e. The molecule has 0 unspecified atom stereocenters. The molecule has 2 heterocycles. The van der Waals surface area contributed by atoms with Crippen LogP contribution < -0.4 is 5.32 Å².